The van der Waals surface area contributed by atoms with Crippen molar-refractivity contribution in [1.82, 2.24) is 0 Å². The lowest BCUT2D eigenvalue weighted by Gasteiger charge is -2.10. The fraction of sp³-hybridized carbons (Fsp3) is 0.235. The van der Waals surface area contributed by atoms with Gasteiger partial charge in [-0.15, -0.1) is 13.2 Å². The maximum absolute atomic E-state index is 12.2. The summed E-state index contributed by atoms with van der Waals surface area (Å²) in [5, 5.41) is 0. The van der Waals surface area contributed by atoms with Crippen molar-refractivity contribution in [2.24, 2.45) is 0 Å². The van der Waals surface area contributed by atoms with E-state index in [1.807, 2.05) is 0 Å². The molecule has 0 radical (unpaired) electrons. The van der Waals surface area contributed by atoms with E-state index in [0.717, 1.165) is 12.1 Å². The summed E-state index contributed by atoms with van der Waals surface area (Å²) in [5.41, 5.74) is 0.705. The van der Waals surface area contributed by atoms with Gasteiger partial charge in [0.25, 0.3) is 0 Å². The van der Waals surface area contributed by atoms with Crippen molar-refractivity contribution < 1.29 is 31.6 Å². The molecule has 0 aliphatic rings. The van der Waals surface area contributed by atoms with Crippen LogP contribution in [-0.4, -0.2) is 22.3 Å². The lowest BCUT2D eigenvalue weighted by atomic mass is 10.2. The summed E-state index contributed by atoms with van der Waals surface area (Å²) in [4.78, 5) is 12.6. The van der Waals surface area contributed by atoms with Crippen molar-refractivity contribution in [3.8, 4) is 5.75 Å². The maximum Gasteiger partial charge on any atom is 0.573 e. The molecular weight excluding hydrogens is 357 g/mol. The fourth-order valence-corrected chi connectivity index (χ4v) is 2.94. The second kappa shape index (κ2) is 8.15. The van der Waals surface area contributed by atoms with Crippen LogP contribution >= 0.6 is 0 Å². The maximum atomic E-state index is 12.2. The Kier molecular flexibility index (Phi) is 6.19. The van der Waals surface area contributed by atoms with Gasteiger partial charge in [0.1, 0.15) is 12.4 Å². The molecule has 0 N–H and O–H groups in total. The molecule has 0 saturated heterocycles. The smallest absolute Gasteiger partial charge is 0.457 e. The van der Waals surface area contributed by atoms with E-state index >= 15 is 0 Å². The molecule has 0 fully saturated rings. The Morgan fingerprint density at radius 3 is 2.32 bits per heavy atom. The second-order valence-electron chi connectivity index (χ2n) is 4.90. The Balaban J connectivity index is 2.02. The van der Waals surface area contributed by atoms with Gasteiger partial charge in [-0.3, -0.25) is 4.21 Å². The Bertz CT molecular complexity index is 757. The minimum absolute atomic E-state index is 0.127. The second-order valence-corrected chi connectivity index (χ2v) is 6.61. The van der Waals surface area contributed by atoms with Crippen LogP contribution in [0.3, 0.4) is 0 Å². The van der Waals surface area contributed by atoms with Crippen LogP contribution in [-0.2, 0) is 22.1 Å². The summed E-state index contributed by atoms with van der Waals surface area (Å²) in [6, 6.07) is 11.4. The lowest BCUT2D eigenvalue weighted by molar-refractivity contribution is -0.274. The summed E-state index contributed by atoms with van der Waals surface area (Å²) in [5.74, 6) is -0.635. The van der Waals surface area contributed by atoms with Gasteiger partial charge in [0, 0.05) is 5.75 Å². The molecule has 0 amide bonds. The minimum Gasteiger partial charge on any atom is -0.457 e. The van der Waals surface area contributed by atoms with Crippen molar-refractivity contribution in [3.63, 3.8) is 0 Å². The molecule has 0 heterocycles. The van der Waals surface area contributed by atoms with Crippen molar-refractivity contribution in [1.29, 1.82) is 0 Å². The lowest BCUT2D eigenvalue weighted by Crippen LogP contribution is -2.17. The van der Waals surface area contributed by atoms with Crippen molar-refractivity contribution in [3.05, 3.63) is 59.7 Å². The molecule has 25 heavy (non-hydrogen) atoms. The highest BCUT2D eigenvalue weighted by Gasteiger charge is 2.30. The summed E-state index contributed by atoms with van der Waals surface area (Å²) in [6.07, 6.45) is -4.76. The Labute approximate surface area is 145 Å². The molecule has 2 rings (SSSR count). The zero-order valence-corrected chi connectivity index (χ0v) is 14.0. The van der Waals surface area contributed by atoms with Crippen molar-refractivity contribution >= 4 is 16.8 Å². The molecule has 4 nitrogen and oxygen atoms in total. The summed E-state index contributed by atoms with van der Waals surface area (Å²) in [7, 11) is -1.31. The number of alkyl halides is 3. The Morgan fingerprint density at radius 1 is 1.08 bits per heavy atom. The van der Waals surface area contributed by atoms with E-state index < -0.39 is 23.1 Å². The van der Waals surface area contributed by atoms with E-state index in [-0.39, 0.29) is 17.9 Å². The average Bonchev–Trinajstić information content (AvgIpc) is 2.59. The quantitative estimate of drug-likeness (QED) is 0.718. The molecule has 0 bridgehead atoms. The van der Waals surface area contributed by atoms with Gasteiger partial charge in [-0.05, 0) is 29.8 Å². The molecule has 0 saturated carbocycles. The molecule has 0 aliphatic heterocycles. The molecule has 1 atom stereocenters. The summed E-state index contributed by atoms with van der Waals surface area (Å²) < 4.78 is 57.2. The van der Waals surface area contributed by atoms with E-state index in [0.29, 0.717) is 16.2 Å². The third-order valence-corrected chi connectivity index (χ3v) is 4.51. The van der Waals surface area contributed by atoms with Gasteiger partial charge in [-0.2, -0.15) is 0 Å². The first kappa shape index (κ1) is 19.0. The molecule has 0 unspecified atom stereocenters. The number of carbonyl (C=O) groups is 1. The van der Waals surface area contributed by atoms with Crippen LogP contribution in [0.5, 0.6) is 5.75 Å². The van der Waals surface area contributed by atoms with Crippen LogP contribution in [0.4, 0.5) is 13.2 Å². The predicted octanol–water partition coefficient (Wildman–Crippen LogP) is 4.07. The van der Waals surface area contributed by atoms with Gasteiger partial charge in [0.05, 0.1) is 21.3 Å². The number of halogens is 3. The van der Waals surface area contributed by atoms with E-state index in [9.17, 15) is 22.2 Å². The molecule has 2 aromatic rings. The van der Waals surface area contributed by atoms with Crippen molar-refractivity contribution in [2.45, 2.75) is 24.8 Å². The van der Waals surface area contributed by atoms with Gasteiger partial charge in [-0.25, -0.2) is 4.79 Å². The van der Waals surface area contributed by atoms with Crippen LogP contribution in [0.25, 0.3) is 0 Å². The van der Waals surface area contributed by atoms with E-state index in [2.05, 4.69) is 4.74 Å². The number of carbonyl (C=O) groups excluding carboxylic acids is 1. The normalized spacial score (nSPS) is 12.5. The SMILES string of the molecule is CC[S@@](=O)c1ccccc1C(=O)OCc1ccc(OC(F)(F)F)cc1. The number of hydrogen-bond donors (Lipinski definition) is 0. The Hall–Kier alpha value is -2.35. The number of rotatable bonds is 6. The highest BCUT2D eigenvalue weighted by atomic mass is 32.2. The first-order chi connectivity index (χ1) is 11.8. The molecule has 0 spiro atoms. The largest absolute Gasteiger partial charge is 0.573 e. The molecule has 134 valence electrons. The van der Waals surface area contributed by atoms with Crippen LogP contribution in [0.1, 0.15) is 22.8 Å². The number of ether oxygens (including phenoxy) is 2. The predicted molar refractivity (Wildman–Crippen MR) is 85.6 cm³/mol. The zero-order valence-electron chi connectivity index (χ0n) is 13.2. The topological polar surface area (TPSA) is 52.6 Å². The fourth-order valence-electron chi connectivity index (χ4n) is 2.00. The van der Waals surface area contributed by atoms with Gasteiger partial charge in [0.15, 0.2) is 0 Å². The molecule has 8 heteroatoms. The van der Waals surface area contributed by atoms with Crippen LogP contribution in [0.15, 0.2) is 53.4 Å². The van der Waals surface area contributed by atoms with E-state index in [4.69, 9.17) is 4.74 Å². The van der Waals surface area contributed by atoms with Gasteiger partial charge in [-0.1, -0.05) is 31.2 Å². The van der Waals surface area contributed by atoms with Crippen LogP contribution in [0, 0.1) is 0 Å². The van der Waals surface area contributed by atoms with Crippen LogP contribution < -0.4 is 4.74 Å². The molecule has 0 aromatic heterocycles. The van der Waals surface area contributed by atoms with Crippen LogP contribution in [0.2, 0.25) is 0 Å². The Morgan fingerprint density at radius 2 is 1.72 bits per heavy atom. The standard InChI is InChI=1S/C17H15F3O4S/c1-2-25(22)15-6-4-3-5-14(15)16(21)23-11-12-7-9-13(10-8-12)24-17(18,19)20/h3-10H,2,11H2,1H3/t25-/m1/s1. The number of benzene rings is 2. The van der Waals surface area contributed by atoms with Crippen molar-refractivity contribution in [2.75, 3.05) is 5.75 Å². The first-order valence-electron chi connectivity index (χ1n) is 7.29. The number of esters is 1. The van der Waals surface area contributed by atoms with E-state index in [1.54, 1.807) is 25.1 Å². The highest BCUT2D eigenvalue weighted by Crippen LogP contribution is 2.23. The van der Waals surface area contributed by atoms with Gasteiger partial charge >= 0.3 is 12.3 Å². The first-order valence-corrected chi connectivity index (χ1v) is 8.61. The summed E-state index contributed by atoms with van der Waals surface area (Å²) >= 11 is 0. The highest BCUT2D eigenvalue weighted by molar-refractivity contribution is 7.85. The van der Waals surface area contributed by atoms with E-state index in [1.165, 1.54) is 18.2 Å². The number of hydrogen-bond acceptors (Lipinski definition) is 4. The minimum atomic E-state index is -4.76. The zero-order chi connectivity index (χ0) is 18.4. The monoisotopic (exact) mass is 372 g/mol. The average molecular weight is 372 g/mol. The van der Waals surface area contributed by atoms with Gasteiger partial charge < -0.3 is 9.47 Å². The third-order valence-electron chi connectivity index (χ3n) is 3.14. The molecular formula is C17H15F3O4S. The van der Waals surface area contributed by atoms with Gasteiger partial charge in [0.2, 0.25) is 0 Å². The summed E-state index contributed by atoms with van der Waals surface area (Å²) in [6.45, 7) is 1.61. The molecule has 2 aromatic carbocycles. The third kappa shape index (κ3) is 5.60. The molecule has 0 aliphatic carbocycles.